The van der Waals surface area contributed by atoms with Crippen molar-refractivity contribution in [3.63, 3.8) is 0 Å². The predicted molar refractivity (Wildman–Crippen MR) is 91.8 cm³/mol. The van der Waals surface area contributed by atoms with Crippen LogP contribution in [0.15, 0.2) is 9.16 Å². The molecule has 0 atom stereocenters. The van der Waals surface area contributed by atoms with E-state index < -0.39 is 18.4 Å². The molecule has 2 heteroatoms. The quantitative estimate of drug-likeness (QED) is 0.418. The van der Waals surface area contributed by atoms with E-state index in [1.54, 1.807) is 0 Å². The molecule has 0 spiro atoms. The second kappa shape index (κ2) is 9.27. The maximum absolute atomic E-state index is 12.5. The van der Waals surface area contributed by atoms with Crippen molar-refractivity contribution in [3.05, 3.63) is 9.16 Å². The molecule has 0 fully saturated rings. The van der Waals surface area contributed by atoms with Crippen LogP contribution in [0.25, 0.3) is 0 Å². The van der Waals surface area contributed by atoms with Crippen LogP contribution >= 0.6 is 0 Å². The van der Waals surface area contributed by atoms with Crippen LogP contribution in [-0.4, -0.2) is 24.2 Å². The first-order valence-corrected chi connectivity index (χ1v) is 16.3. The summed E-state index contributed by atoms with van der Waals surface area (Å²) in [5.74, 6) is 0.557. The van der Waals surface area contributed by atoms with Gasteiger partial charge in [0, 0.05) is 0 Å². The molecule has 0 heterocycles. The first-order valence-electron chi connectivity index (χ1n) is 8.84. The van der Waals surface area contributed by atoms with Gasteiger partial charge in [0.2, 0.25) is 0 Å². The van der Waals surface area contributed by atoms with Crippen molar-refractivity contribution in [1.29, 1.82) is 0 Å². The molecule has 1 rings (SSSR count). The summed E-state index contributed by atoms with van der Waals surface area (Å²) in [6.07, 6.45) is 9.82. The molecule has 0 unspecified atom stereocenters. The Kier molecular flexibility index (Phi) is 8.46. The van der Waals surface area contributed by atoms with Gasteiger partial charge in [-0.15, -0.1) is 0 Å². The fraction of sp³-hybridized carbons (Fsp3) is 0.833. The van der Waals surface area contributed by atoms with Crippen molar-refractivity contribution in [1.82, 2.24) is 0 Å². The number of Topliss-reactive ketones (excluding diaryl/α,β-unsaturated/α-hetero) is 1. The number of ketones is 1. The van der Waals surface area contributed by atoms with Crippen molar-refractivity contribution >= 4 is 24.2 Å². The average molecular weight is 385 g/mol. The molecule has 0 N–H and O–H groups in total. The van der Waals surface area contributed by atoms with E-state index >= 15 is 0 Å². The normalized spacial score (nSPS) is 16.3. The summed E-state index contributed by atoms with van der Waals surface area (Å²) in [4.78, 5) is 12.5. The molecule has 1 aliphatic rings. The summed E-state index contributed by atoms with van der Waals surface area (Å²) >= 11 is -2.41. The summed E-state index contributed by atoms with van der Waals surface area (Å²) in [7, 11) is 0. The summed E-state index contributed by atoms with van der Waals surface area (Å²) in [6.45, 7) is 9.16. The van der Waals surface area contributed by atoms with Crippen LogP contribution in [0.5, 0.6) is 0 Å². The molecule has 0 amide bonds. The Morgan fingerprint density at radius 3 is 1.60 bits per heavy atom. The molecule has 0 aromatic carbocycles. The monoisotopic (exact) mass is 386 g/mol. The maximum atomic E-state index is 12.5. The Balaban J connectivity index is 3.05. The van der Waals surface area contributed by atoms with E-state index in [1.807, 2.05) is 0 Å². The summed E-state index contributed by atoms with van der Waals surface area (Å²) < 4.78 is 5.77. The van der Waals surface area contributed by atoms with E-state index in [9.17, 15) is 4.79 Å². The van der Waals surface area contributed by atoms with E-state index in [0.29, 0.717) is 5.78 Å². The summed E-state index contributed by atoms with van der Waals surface area (Å²) in [5.41, 5.74) is 1.49. The second-order valence-electron chi connectivity index (χ2n) is 6.67. The van der Waals surface area contributed by atoms with Gasteiger partial charge in [0.15, 0.2) is 0 Å². The van der Waals surface area contributed by atoms with Gasteiger partial charge in [-0.3, -0.25) is 0 Å². The zero-order chi connectivity index (χ0) is 15.0. The van der Waals surface area contributed by atoms with Crippen LogP contribution in [0.1, 0.15) is 79.1 Å². The van der Waals surface area contributed by atoms with Gasteiger partial charge < -0.3 is 0 Å². The first-order chi connectivity index (χ1) is 9.61. The van der Waals surface area contributed by atoms with Crippen LogP contribution in [0.4, 0.5) is 0 Å². The number of hydrogen-bond acceptors (Lipinski definition) is 1. The molecular weight excluding hydrogens is 351 g/mol. The minimum atomic E-state index is -2.41. The summed E-state index contributed by atoms with van der Waals surface area (Å²) in [6, 6.07) is 0. The Bertz CT molecular complexity index is 322. The molecule has 116 valence electrons. The van der Waals surface area contributed by atoms with E-state index in [-0.39, 0.29) is 0 Å². The zero-order valence-electron chi connectivity index (χ0n) is 14.2. The van der Waals surface area contributed by atoms with Crippen LogP contribution in [-0.2, 0) is 4.79 Å². The third-order valence-electron chi connectivity index (χ3n) is 4.99. The molecule has 0 saturated heterocycles. The third kappa shape index (κ3) is 4.61. The Morgan fingerprint density at radius 1 is 0.850 bits per heavy atom. The molecule has 1 aliphatic carbocycles. The molecule has 1 nitrogen and oxygen atoms in total. The van der Waals surface area contributed by atoms with Crippen molar-refractivity contribution in [2.75, 3.05) is 0 Å². The number of carbonyl (C=O) groups is 1. The van der Waals surface area contributed by atoms with Crippen LogP contribution < -0.4 is 0 Å². The average Bonchev–Trinajstić information content (AvgIpc) is 2.79. The second-order valence-corrected chi connectivity index (χ2v) is 19.7. The molecule has 0 aromatic heterocycles. The number of hydrogen-bond donors (Lipinski definition) is 0. The fourth-order valence-electron chi connectivity index (χ4n) is 3.83. The van der Waals surface area contributed by atoms with E-state index in [1.165, 1.54) is 61.0 Å². The van der Waals surface area contributed by atoms with Crippen molar-refractivity contribution in [3.8, 4) is 0 Å². The number of allylic oxidation sites excluding steroid dienone is 2. The fourth-order valence-corrected chi connectivity index (χ4v) is 21.9. The Hall–Kier alpha value is 0.209. The molecule has 0 bridgehead atoms. The Morgan fingerprint density at radius 2 is 1.30 bits per heavy atom. The van der Waals surface area contributed by atoms with Crippen LogP contribution in [0.2, 0.25) is 13.3 Å². The Labute approximate surface area is 130 Å². The SMILES string of the molecule is CCC[CH2][Sn]([CH2]CCC)([CH2]CCC)[C]1=C(C)CCC1=O. The van der Waals surface area contributed by atoms with E-state index in [2.05, 4.69) is 27.7 Å². The molecular formula is C18H34OSn. The topological polar surface area (TPSA) is 17.1 Å². The molecule has 0 aliphatic heterocycles. The first kappa shape index (κ1) is 18.3. The van der Waals surface area contributed by atoms with Gasteiger partial charge in [0.05, 0.1) is 0 Å². The van der Waals surface area contributed by atoms with Gasteiger partial charge >= 0.3 is 130 Å². The van der Waals surface area contributed by atoms with Gasteiger partial charge in [0.1, 0.15) is 0 Å². The molecule has 0 aromatic rings. The van der Waals surface area contributed by atoms with Gasteiger partial charge in [-0.25, -0.2) is 0 Å². The van der Waals surface area contributed by atoms with Crippen molar-refractivity contribution in [2.45, 2.75) is 92.4 Å². The van der Waals surface area contributed by atoms with E-state index in [4.69, 9.17) is 0 Å². The van der Waals surface area contributed by atoms with Crippen LogP contribution in [0, 0.1) is 0 Å². The molecule has 20 heavy (non-hydrogen) atoms. The van der Waals surface area contributed by atoms with Gasteiger partial charge in [0.25, 0.3) is 0 Å². The van der Waals surface area contributed by atoms with Crippen molar-refractivity contribution in [2.24, 2.45) is 0 Å². The van der Waals surface area contributed by atoms with Gasteiger partial charge in [-0.1, -0.05) is 0 Å². The van der Waals surface area contributed by atoms with E-state index in [0.717, 1.165) is 12.8 Å². The predicted octanol–water partition coefficient (Wildman–Crippen LogP) is 6.05. The number of carbonyl (C=O) groups excluding carboxylic acids is 1. The number of rotatable bonds is 10. The molecule has 0 radical (unpaired) electrons. The standard InChI is InChI=1S/C6H7O.3C4H9.Sn/c1-5-2-3-6(7)4-5;3*1-3-4-2;/h2-3H2,1H3;3*1,3-4H2,2H3;. The van der Waals surface area contributed by atoms with Gasteiger partial charge in [-0.2, -0.15) is 0 Å². The third-order valence-corrected chi connectivity index (χ3v) is 21.3. The van der Waals surface area contributed by atoms with Crippen LogP contribution in [0.3, 0.4) is 0 Å². The zero-order valence-corrected chi connectivity index (χ0v) is 17.0. The van der Waals surface area contributed by atoms with Crippen molar-refractivity contribution < 1.29 is 4.79 Å². The summed E-state index contributed by atoms with van der Waals surface area (Å²) in [5, 5.41) is 0. The molecule has 0 saturated carbocycles. The minimum absolute atomic E-state index is 0.557. The number of unbranched alkanes of at least 4 members (excludes halogenated alkanes) is 3. The van der Waals surface area contributed by atoms with Gasteiger partial charge in [-0.05, 0) is 0 Å².